The van der Waals surface area contributed by atoms with Gasteiger partial charge in [0.15, 0.2) is 5.96 Å². The summed E-state index contributed by atoms with van der Waals surface area (Å²) in [7, 11) is 2.05. The van der Waals surface area contributed by atoms with E-state index in [9.17, 15) is 0 Å². The minimum atomic E-state index is 0. The summed E-state index contributed by atoms with van der Waals surface area (Å²) >= 11 is 0. The third kappa shape index (κ3) is 4.88. The lowest BCUT2D eigenvalue weighted by Gasteiger charge is -2.23. The third-order valence-corrected chi connectivity index (χ3v) is 5.01. The van der Waals surface area contributed by atoms with Gasteiger partial charge < -0.3 is 15.2 Å². The van der Waals surface area contributed by atoms with Gasteiger partial charge in [0.05, 0.1) is 11.0 Å². The Balaban J connectivity index is 0.00000243. The Morgan fingerprint density at radius 1 is 1.27 bits per heavy atom. The molecule has 144 valence electrons. The van der Waals surface area contributed by atoms with Crippen molar-refractivity contribution in [3.8, 4) is 0 Å². The smallest absolute Gasteiger partial charge is 0.191 e. The maximum absolute atomic E-state index is 4.74. The van der Waals surface area contributed by atoms with Crippen molar-refractivity contribution in [1.82, 2.24) is 25.1 Å². The molecule has 1 saturated heterocycles. The first-order chi connectivity index (χ1) is 12.2. The van der Waals surface area contributed by atoms with Crippen LogP contribution in [0.2, 0.25) is 0 Å². The van der Waals surface area contributed by atoms with Gasteiger partial charge in [-0.15, -0.1) is 24.0 Å². The first kappa shape index (κ1) is 21.0. The number of nitrogens with one attached hydrogen (secondary N) is 2. The molecule has 0 amide bonds. The number of aryl methyl sites for hydroxylation is 1. The van der Waals surface area contributed by atoms with E-state index in [1.165, 1.54) is 19.4 Å². The molecule has 1 atom stereocenters. The molecule has 2 heterocycles. The zero-order valence-electron chi connectivity index (χ0n) is 16.0. The monoisotopic (exact) mass is 470 g/mol. The van der Waals surface area contributed by atoms with E-state index in [0.717, 1.165) is 42.5 Å². The van der Waals surface area contributed by atoms with E-state index in [1.807, 2.05) is 18.2 Å². The maximum Gasteiger partial charge on any atom is 0.191 e. The molecule has 1 aliphatic heterocycles. The number of rotatable bonds is 6. The molecule has 3 rings (SSSR count). The van der Waals surface area contributed by atoms with E-state index in [4.69, 9.17) is 9.98 Å². The van der Waals surface area contributed by atoms with Crippen molar-refractivity contribution >= 4 is 41.0 Å². The van der Waals surface area contributed by atoms with Crippen LogP contribution in [-0.4, -0.2) is 52.6 Å². The molecular formula is C19H31IN6. The zero-order chi connectivity index (χ0) is 17.6. The van der Waals surface area contributed by atoms with Crippen molar-refractivity contribution in [3.05, 3.63) is 30.1 Å². The van der Waals surface area contributed by atoms with Gasteiger partial charge in [-0.05, 0) is 45.0 Å². The maximum atomic E-state index is 4.74. The number of para-hydroxylation sites is 2. The SMILES string of the molecule is CCNC(=NCc1nc2ccccc2n1C)NCC1CCCN1CC.I. The van der Waals surface area contributed by atoms with Gasteiger partial charge in [0.2, 0.25) is 0 Å². The highest BCUT2D eigenvalue weighted by atomic mass is 127. The van der Waals surface area contributed by atoms with Gasteiger partial charge in [0.1, 0.15) is 12.4 Å². The summed E-state index contributed by atoms with van der Waals surface area (Å²) in [6, 6.07) is 8.83. The molecule has 0 aliphatic carbocycles. The lowest BCUT2D eigenvalue weighted by Crippen LogP contribution is -2.44. The lowest BCUT2D eigenvalue weighted by molar-refractivity contribution is 0.267. The van der Waals surface area contributed by atoms with E-state index in [-0.39, 0.29) is 24.0 Å². The van der Waals surface area contributed by atoms with E-state index in [0.29, 0.717) is 12.6 Å². The standard InChI is InChI=1S/C19H30N6.HI/c1-4-20-19(21-13-15-9-8-12-25(15)5-2)22-14-18-23-16-10-6-7-11-17(16)24(18)3;/h6-7,10-11,15H,4-5,8-9,12-14H2,1-3H3,(H2,20,21,22);1H. The summed E-state index contributed by atoms with van der Waals surface area (Å²) in [5.74, 6) is 1.85. The normalized spacial score (nSPS) is 18.1. The van der Waals surface area contributed by atoms with Crippen LogP contribution in [0, 0.1) is 0 Å². The molecule has 1 aliphatic rings. The van der Waals surface area contributed by atoms with E-state index in [1.54, 1.807) is 0 Å². The minimum Gasteiger partial charge on any atom is -0.357 e. The Kier molecular flexibility index (Phi) is 8.15. The number of guanidine groups is 1. The van der Waals surface area contributed by atoms with Crippen LogP contribution in [0.5, 0.6) is 0 Å². The van der Waals surface area contributed by atoms with E-state index in [2.05, 4.69) is 47.1 Å². The van der Waals surface area contributed by atoms with Crippen molar-refractivity contribution in [2.75, 3.05) is 26.2 Å². The molecule has 6 nitrogen and oxygen atoms in total. The fourth-order valence-corrected chi connectivity index (χ4v) is 3.59. The molecule has 1 aromatic heterocycles. The molecular weight excluding hydrogens is 439 g/mol. The van der Waals surface area contributed by atoms with Crippen LogP contribution in [0.15, 0.2) is 29.3 Å². The van der Waals surface area contributed by atoms with Crippen molar-refractivity contribution in [2.24, 2.45) is 12.0 Å². The average molecular weight is 470 g/mol. The highest BCUT2D eigenvalue weighted by Crippen LogP contribution is 2.16. The Bertz CT molecular complexity index is 726. The van der Waals surface area contributed by atoms with Crippen LogP contribution in [0.4, 0.5) is 0 Å². The van der Waals surface area contributed by atoms with E-state index < -0.39 is 0 Å². The predicted molar refractivity (Wildman–Crippen MR) is 119 cm³/mol. The second kappa shape index (κ2) is 10.1. The number of halogens is 1. The van der Waals surface area contributed by atoms with Gasteiger partial charge in [-0.25, -0.2) is 9.98 Å². The molecule has 0 bridgehead atoms. The van der Waals surface area contributed by atoms with Crippen LogP contribution in [0.1, 0.15) is 32.5 Å². The van der Waals surface area contributed by atoms with Crippen LogP contribution < -0.4 is 10.6 Å². The summed E-state index contributed by atoms with van der Waals surface area (Å²) in [5, 5.41) is 6.86. The molecule has 2 aromatic rings. The number of nitrogens with zero attached hydrogens (tertiary/aromatic N) is 4. The molecule has 26 heavy (non-hydrogen) atoms. The van der Waals surface area contributed by atoms with Crippen LogP contribution in [0.3, 0.4) is 0 Å². The van der Waals surface area contributed by atoms with Gasteiger partial charge in [-0.1, -0.05) is 19.1 Å². The number of likely N-dealkylation sites (N-methyl/N-ethyl adjacent to an activating group) is 1. The first-order valence-corrected chi connectivity index (χ1v) is 9.39. The third-order valence-electron chi connectivity index (χ3n) is 5.01. The number of fused-ring (bicyclic) bond motifs is 1. The molecule has 0 spiro atoms. The lowest BCUT2D eigenvalue weighted by atomic mass is 10.2. The molecule has 0 radical (unpaired) electrons. The number of imidazole rings is 1. The highest BCUT2D eigenvalue weighted by molar-refractivity contribution is 14.0. The Labute approximate surface area is 173 Å². The summed E-state index contributed by atoms with van der Waals surface area (Å²) in [6.45, 7) is 9.06. The summed E-state index contributed by atoms with van der Waals surface area (Å²) < 4.78 is 2.12. The number of hydrogen-bond donors (Lipinski definition) is 2. The summed E-state index contributed by atoms with van der Waals surface area (Å²) in [5.41, 5.74) is 2.17. The molecule has 1 aromatic carbocycles. The van der Waals surface area contributed by atoms with Crippen LogP contribution in [-0.2, 0) is 13.6 Å². The molecule has 1 fully saturated rings. The molecule has 2 N–H and O–H groups in total. The predicted octanol–water partition coefficient (Wildman–Crippen LogP) is 2.73. The zero-order valence-corrected chi connectivity index (χ0v) is 18.4. The van der Waals surface area contributed by atoms with Gasteiger partial charge in [0.25, 0.3) is 0 Å². The van der Waals surface area contributed by atoms with Gasteiger partial charge in [0, 0.05) is 26.2 Å². The van der Waals surface area contributed by atoms with Crippen molar-refractivity contribution in [2.45, 2.75) is 39.3 Å². The second-order valence-electron chi connectivity index (χ2n) is 6.58. The number of benzene rings is 1. The number of likely N-dealkylation sites (tertiary alicyclic amines) is 1. The number of aromatic nitrogens is 2. The molecule has 7 heteroatoms. The minimum absolute atomic E-state index is 0. The van der Waals surface area contributed by atoms with Gasteiger partial charge in [-0.3, -0.25) is 4.90 Å². The van der Waals surface area contributed by atoms with Gasteiger partial charge >= 0.3 is 0 Å². The van der Waals surface area contributed by atoms with Crippen molar-refractivity contribution in [3.63, 3.8) is 0 Å². The fourth-order valence-electron chi connectivity index (χ4n) is 3.59. The summed E-state index contributed by atoms with van der Waals surface area (Å²) in [4.78, 5) is 12.0. The van der Waals surface area contributed by atoms with Crippen LogP contribution >= 0.6 is 24.0 Å². The second-order valence-corrected chi connectivity index (χ2v) is 6.58. The summed E-state index contributed by atoms with van der Waals surface area (Å²) in [6.07, 6.45) is 2.57. The first-order valence-electron chi connectivity index (χ1n) is 9.39. The Hall–Kier alpha value is -1.35. The number of aliphatic imine (C=N–C) groups is 1. The quantitative estimate of drug-likeness (QED) is 0.388. The Morgan fingerprint density at radius 3 is 2.81 bits per heavy atom. The van der Waals surface area contributed by atoms with Gasteiger partial charge in [-0.2, -0.15) is 0 Å². The Morgan fingerprint density at radius 2 is 2.08 bits per heavy atom. The molecule has 1 unspecified atom stereocenters. The van der Waals surface area contributed by atoms with Crippen molar-refractivity contribution < 1.29 is 0 Å². The fraction of sp³-hybridized carbons (Fsp3) is 0.579. The number of hydrogen-bond acceptors (Lipinski definition) is 3. The average Bonchev–Trinajstić information content (AvgIpc) is 3.22. The largest absolute Gasteiger partial charge is 0.357 e. The molecule has 0 saturated carbocycles. The topological polar surface area (TPSA) is 57.5 Å². The van der Waals surface area contributed by atoms with E-state index >= 15 is 0 Å². The highest BCUT2D eigenvalue weighted by Gasteiger charge is 2.22. The van der Waals surface area contributed by atoms with Crippen LogP contribution in [0.25, 0.3) is 11.0 Å². The van der Waals surface area contributed by atoms with Crippen molar-refractivity contribution in [1.29, 1.82) is 0 Å².